The molecule has 0 bridgehead atoms. The zero-order valence-electron chi connectivity index (χ0n) is 19.6. The number of amides is 4. The van der Waals surface area contributed by atoms with Crippen molar-refractivity contribution in [3.05, 3.63) is 35.5 Å². The molecule has 1 aromatic carbocycles. The number of carbonyl (C=O) groups excluding carboxylic acids is 3. The monoisotopic (exact) mass is 513 g/mol. The number of likely N-dealkylation sites (tertiary alicyclic amines) is 1. The maximum atomic E-state index is 13.6. The Balaban J connectivity index is 1.44. The molecule has 0 atom stereocenters. The Morgan fingerprint density at radius 2 is 1.86 bits per heavy atom. The summed E-state index contributed by atoms with van der Waals surface area (Å²) in [7, 11) is 0. The number of alkyl halides is 3. The standard InChI is InChI=1S/C22H23F4N5O5/c1-20(2,3)35-19(34)30-8-6-21(7-9-30)17(32)31(18(33)28-21)11-15-27-16(29-36-15)12-4-5-14(23)13(10-12)22(24,25)26/h4-5,10H,6-9,11H2,1-3H3,(H,28,33). The van der Waals surface area contributed by atoms with Gasteiger partial charge in [-0.1, -0.05) is 5.16 Å². The number of nitrogens with one attached hydrogen (secondary N) is 1. The van der Waals surface area contributed by atoms with Gasteiger partial charge in [0.2, 0.25) is 11.7 Å². The maximum absolute atomic E-state index is 13.6. The minimum absolute atomic E-state index is 0.151. The molecule has 1 N–H and O–H groups in total. The third-order valence-corrected chi connectivity index (χ3v) is 5.81. The van der Waals surface area contributed by atoms with Crippen LogP contribution in [0.2, 0.25) is 0 Å². The van der Waals surface area contributed by atoms with E-state index >= 15 is 0 Å². The highest BCUT2D eigenvalue weighted by molar-refractivity contribution is 6.07. The van der Waals surface area contributed by atoms with Crippen molar-refractivity contribution in [1.82, 2.24) is 25.3 Å². The first-order valence-electron chi connectivity index (χ1n) is 11.0. The molecule has 2 fully saturated rings. The Bertz CT molecular complexity index is 1200. The maximum Gasteiger partial charge on any atom is 0.419 e. The van der Waals surface area contributed by atoms with Crippen LogP contribution in [-0.2, 0) is 22.3 Å². The van der Waals surface area contributed by atoms with Crippen LogP contribution in [0.3, 0.4) is 0 Å². The lowest BCUT2D eigenvalue weighted by atomic mass is 9.87. The van der Waals surface area contributed by atoms with E-state index in [4.69, 9.17) is 9.26 Å². The zero-order chi connectivity index (χ0) is 26.5. The quantitative estimate of drug-likeness (QED) is 0.491. The fraction of sp³-hybridized carbons (Fsp3) is 0.500. The van der Waals surface area contributed by atoms with Crippen molar-refractivity contribution in [3.8, 4) is 11.4 Å². The van der Waals surface area contributed by atoms with E-state index in [1.54, 1.807) is 20.8 Å². The summed E-state index contributed by atoms with van der Waals surface area (Å²) in [5.74, 6) is -2.45. The third kappa shape index (κ3) is 4.97. The van der Waals surface area contributed by atoms with E-state index in [9.17, 15) is 31.9 Å². The number of imide groups is 1. The number of aromatic nitrogens is 2. The number of carbonyl (C=O) groups is 3. The van der Waals surface area contributed by atoms with Crippen molar-refractivity contribution >= 4 is 18.0 Å². The van der Waals surface area contributed by atoms with E-state index in [0.717, 1.165) is 11.0 Å². The lowest BCUT2D eigenvalue weighted by Gasteiger charge is -2.37. The fourth-order valence-electron chi connectivity index (χ4n) is 4.01. The number of nitrogens with zero attached hydrogens (tertiary/aromatic N) is 4. The summed E-state index contributed by atoms with van der Waals surface area (Å²) < 4.78 is 62.9. The van der Waals surface area contributed by atoms with Gasteiger partial charge in [0.25, 0.3) is 5.91 Å². The predicted octanol–water partition coefficient (Wildman–Crippen LogP) is 3.72. The summed E-state index contributed by atoms with van der Waals surface area (Å²) in [5, 5.41) is 6.26. The van der Waals surface area contributed by atoms with Gasteiger partial charge in [0.15, 0.2) is 0 Å². The minimum atomic E-state index is -4.92. The normalized spacial score (nSPS) is 18.1. The molecular formula is C22H23F4N5O5. The highest BCUT2D eigenvalue weighted by Crippen LogP contribution is 2.34. The topological polar surface area (TPSA) is 118 Å². The summed E-state index contributed by atoms with van der Waals surface area (Å²) >= 11 is 0. The molecular weight excluding hydrogens is 490 g/mol. The number of ether oxygens (including phenoxy) is 1. The molecule has 0 radical (unpaired) electrons. The van der Waals surface area contributed by atoms with E-state index in [0.29, 0.717) is 12.1 Å². The van der Waals surface area contributed by atoms with Gasteiger partial charge in [0, 0.05) is 18.7 Å². The van der Waals surface area contributed by atoms with Gasteiger partial charge < -0.3 is 19.5 Å². The average Bonchev–Trinajstić information content (AvgIpc) is 3.32. The Morgan fingerprint density at radius 3 is 2.47 bits per heavy atom. The van der Waals surface area contributed by atoms with Crippen LogP contribution in [0, 0.1) is 5.82 Å². The van der Waals surface area contributed by atoms with Gasteiger partial charge in [-0.05, 0) is 51.8 Å². The molecule has 2 aromatic rings. The van der Waals surface area contributed by atoms with Crippen molar-refractivity contribution in [3.63, 3.8) is 0 Å². The molecule has 1 spiro atoms. The van der Waals surface area contributed by atoms with Crippen molar-refractivity contribution in [1.29, 1.82) is 0 Å². The Hall–Kier alpha value is -3.71. The van der Waals surface area contributed by atoms with Crippen LogP contribution in [0.1, 0.15) is 45.1 Å². The van der Waals surface area contributed by atoms with E-state index in [1.807, 2.05) is 0 Å². The first kappa shape index (κ1) is 25.4. The molecule has 3 heterocycles. The second kappa shape index (κ2) is 8.75. The second-order valence-corrected chi connectivity index (χ2v) is 9.58. The molecule has 194 valence electrons. The molecule has 2 saturated heterocycles. The van der Waals surface area contributed by atoms with Crippen LogP contribution < -0.4 is 5.32 Å². The smallest absolute Gasteiger partial charge is 0.419 e. The van der Waals surface area contributed by atoms with Crippen LogP contribution in [0.5, 0.6) is 0 Å². The van der Waals surface area contributed by atoms with Gasteiger partial charge in [-0.3, -0.25) is 9.69 Å². The summed E-state index contributed by atoms with van der Waals surface area (Å²) in [5.41, 5.74) is -3.52. The van der Waals surface area contributed by atoms with Crippen LogP contribution >= 0.6 is 0 Å². The summed E-state index contributed by atoms with van der Waals surface area (Å²) in [6.07, 6.45) is -5.10. The third-order valence-electron chi connectivity index (χ3n) is 5.81. The highest BCUT2D eigenvalue weighted by atomic mass is 19.4. The molecule has 4 rings (SSSR count). The minimum Gasteiger partial charge on any atom is -0.444 e. The van der Waals surface area contributed by atoms with Gasteiger partial charge in [-0.2, -0.15) is 18.2 Å². The molecule has 14 heteroatoms. The second-order valence-electron chi connectivity index (χ2n) is 9.58. The average molecular weight is 513 g/mol. The van der Waals surface area contributed by atoms with Gasteiger partial charge in [0.05, 0.1) is 5.56 Å². The first-order valence-corrected chi connectivity index (χ1v) is 11.0. The Kier molecular flexibility index (Phi) is 6.17. The van der Waals surface area contributed by atoms with Gasteiger partial charge in [-0.25, -0.2) is 14.0 Å². The van der Waals surface area contributed by atoms with E-state index in [-0.39, 0.29) is 43.2 Å². The lowest BCUT2D eigenvalue weighted by Crippen LogP contribution is -2.56. The number of hydrogen-bond donors (Lipinski definition) is 1. The molecule has 2 aliphatic rings. The molecule has 10 nitrogen and oxygen atoms in total. The van der Waals surface area contributed by atoms with Crippen molar-refractivity contribution in [2.45, 2.75) is 57.5 Å². The van der Waals surface area contributed by atoms with Gasteiger partial charge in [-0.15, -0.1) is 0 Å². The van der Waals surface area contributed by atoms with Crippen molar-refractivity contribution in [2.24, 2.45) is 0 Å². The summed E-state index contributed by atoms with van der Waals surface area (Å²) in [4.78, 5) is 44.3. The number of urea groups is 1. The van der Waals surface area contributed by atoms with Gasteiger partial charge >= 0.3 is 18.3 Å². The van der Waals surface area contributed by atoms with E-state index < -0.39 is 53.3 Å². The predicted molar refractivity (Wildman–Crippen MR) is 114 cm³/mol. The zero-order valence-corrected chi connectivity index (χ0v) is 19.6. The Morgan fingerprint density at radius 1 is 1.19 bits per heavy atom. The molecule has 0 saturated carbocycles. The largest absolute Gasteiger partial charge is 0.444 e. The van der Waals surface area contributed by atoms with Crippen LogP contribution in [0.15, 0.2) is 22.7 Å². The van der Waals surface area contributed by atoms with Crippen LogP contribution in [0.25, 0.3) is 11.4 Å². The number of halogens is 4. The van der Waals surface area contributed by atoms with E-state index in [2.05, 4.69) is 15.5 Å². The number of rotatable bonds is 3. The highest BCUT2D eigenvalue weighted by Gasteiger charge is 2.53. The van der Waals surface area contributed by atoms with Gasteiger partial charge in [0.1, 0.15) is 23.5 Å². The summed E-state index contributed by atoms with van der Waals surface area (Å²) in [6.45, 7) is 5.18. The van der Waals surface area contributed by atoms with Crippen LogP contribution in [-0.4, -0.2) is 62.2 Å². The molecule has 0 aliphatic carbocycles. The van der Waals surface area contributed by atoms with Crippen molar-refractivity contribution < 1.29 is 41.2 Å². The fourth-order valence-corrected chi connectivity index (χ4v) is 4.01. The molecule has 36 heavy (non-hydrogen) atoms. The molecule has 0 unspecified atom stereocenters. The summed E-state index contributed by atoms with van der Waals surface area (Å²) in [6, 6.07) is 1.54. The number of hydrogen-bond acceptors (Lipinski definition) is 7. The number of piperidine rings is 1. The lowest BCUT2D eigenvalue weighted by molar-refractivity contribution is -0.140. The number of benzene rings is 1. The molecule has 2 aliphatic heterocycles. The first-order chi connectivity index (χ1) is 16.7. The van der Waals surface area contributed by atoms with Crippen LogP contribution in [0.4, 0.5) is 27.2 Å². The van der Waals surface area contributed by atoms with Crippen molar-refractivity contribution in [2.75, 3.05) is 13.1 Å². The van der Waals surface area contributed by atoms with E-state index in [1.165, 1.54) is 4.90 Å². The molecule has 4 amide bonds. The molecule has 1 aromatic heterocycles. The SMILES string of the molecule is CC(C)(C)OC(=O)N1CCC2(CC1)NC(=O)N(Cc1nc(-c3ccc(F)c(C(F)(F)F)c3)no1)C2=O. The Labute approximate surface area is 202 Å².